The summed E-state index contributed by atoms with van der Waals surface area (Å²) in [5.41, 5.74) is 2.16. The van der Waals surface area contributed by atoms with Crippen molar-refractivity contribution in [1.82, 2.24) is 9.97 Å². The summed E-state index contributed by atoms with van der Waals surface area (Å²) in [5.74, 6) is -0.296. The molecule has 0 aliphatic heterocycles. The number of fused-ring (bicyclic) bond motifs is 6. The number of carbonyl (C=O) groups is 1. The smallest absolute Gasteiger partial charge is 0.223 e. The second-order valence-electron chi connectivity index (χ2n) is 16.4. The van der Waals surface area contributed by atoms with E-state index in [1.807, 2.05) is 106 Å². The second-order valence-corrected chi connectivity index (χ2v) is 16.4. The molecule has 6 heteroatoms. The van der Waals surface area contributed by atoms with E-state index in [2.05, 4.69) is 16.0 Å². The summed E-state index contributed by atoms with van der Waals surface area (Å²) < 4.78 is 71.5. The van der Waals surface area contributed by atoms with Crippen molar-refractivity contribution in [3.05, 3.63) is 95.0 Å². The van der Waals surface area contributed by atoms with Crippen molar-refractivity contribution in [2.45, 2.75) is 127 Å². The zero-order valence-corrected chi connectivity index (χ0v) is 36.6. The van der Waals surface area contributed by atoms with E-state index in [4.69, 9.17) is 15.4 Å². The Balaban J connectivity index is 0.000000413. The Labute approximate surface area is 354 Å². The van der Waals surface area contributed by atoms with Crippen LogP contribution in [-0.4, -0.2) is 20.9 Å². The minimum absolute atomic E-state index is 0. The molecule has 55 heavy (non-hydrogen) atoms. The van der Waals surface area contributed by atoms with Crippen LogP contribution in [0.1, 0.15) is 135 Å². The summed E-state index contributed by atoms with van der Waals surface area (Å²) >= 11 is 0. The molecule has 4 aromatic carbocycles. The number of aliphatic hydroxyl groups is 1. The maximum atomic E-state index is 12.2. The zero-order chi connectivity index (χ0) is 46.5. The third-order valence-corrected chi connectivity index (χ3v) is 11.3. The van der Waals surface area contributed by atoms with E-state index >= 15 is 0 Å². The number of rotatable bonds is 10. The number of furan rings is 1. The van der Waals surface area contributed by atoms with Crippen molar-refractivity contribution in [1.29, 1.82) is 0 Å². The Morgan fingerprint density at radius 3 is 2.15 bits per heavy atom. The molecule has 5 nitrogen and oxygen atoms in total. The van der Waals surface area contributed by atoms with E-state index in [1.165, 1.54) is 6.08 Å². The number of hydrogen-bond donors (Lipinski definition) is 1. The van der Waals surface area contributed by atoms with Crippen molar-refractivity contribution in [2.24, 2.45) is 16.7 Å². The number of benzene rings is 4. The number of aryl methyl sites for hydroxylation is 2. The van der Waals surface area contributed by atoms with Crippen LogP contribution in [0.15, 0.2) is 70.8 Å². The van der Waals surface area contributed by atoms with Gasteiger partial charge >= 0.3 is 0 Å². The van der Waals surface area contributed by atoms with E-state index in [0.717, 1.165) is 47.4 Å². The molecule has 1 N–H and O–H groups in total. The molecule has 2 aromatic heterocycles. The second kappa shape index (κ2) is 17.1. The van der Waals surface area contributed by atoms with Gasteiger partial charge in [0, 0.05) is 69.8 Å². The van der Waals surface area contributed by atoms with Gasteiger partial charge in [0.25, 0.3) is 0 Å². The fourth-order valence-corrected chi connectivity index (χ4v) is 6.79. The number of carbonyl (C=O) groups excluding carboxylic acids is 1. The first-order valence-corrected chi connectivity index (χ1v) is 19.2. The van der Waals surface area contributed by atoms with Crippen LogP contribution in [0.2, 0.25) is 0 Å². The molecular weight excluding hydrogens is 857 g/mol. The van der Waals surface area contributed by atoms with E-state index < -0.39 is 25.5 Å². The van der Waals surface area contributed by atoms with Gasteiger partial charge in [-0.3, -0.25) is 9.78 Å². The summed E-state index contributed by atoms with van der Waals surface area (Å²) in [6, 6.07) is 19.5. The number of aromatic nitrogens is 2. The van der Waals surface area contributed by atoms with Gasteiger partial charge in [0.2, 0.25) is 5.71 Å². The molecule has 0 saturated heterocycles. The van der Waals surface area contributed by atoms with Crippen LogP contribution >= 0.6 is 0 Å². The summed E-state index contributed by atoms with van der Waals surface area (Å²) in [6.07, 6.45) is 3.23. The molecule has 295 valence electrons. The first-order chi connectivity index (χ1) is 28.6. The Morgan fingerprint density at radius 2 is 1.55 bits per heavy atom. The van der Waals surface area contributed by atoms with Crippen LogP contribution in [0.4, 0.5) is 0 Å². The third kappa shape index (κ3) is 9.08. The van der Waals surface area contributed by atoms with Gasteiger partial charge in [0.05, 0.1) is 0 Å². The number of hydrogen-bond acceptors (Lipinski definition) is 5. The third-order valence-electron chi connectivity index (χ3n) is 11.3. The van der Waals surface area contributed by atoms with Crippen LogP contribution in [0.3, 0.4) is 0 Å². The molecule has 0 amide bonds. The Hall–Kier alpha value is -3.86. The van der Waals surface area contributed by atoms with Gasteiger partial charge < -0.3 is 9.52 Å². The molecule has 1 radical (unpaired) electrons. The molecular formula is C49H61IrN2O3-. The number of ketones is 1. The number of nitrogens with zero attached hydrogens (tertiary/aromatic N) is 2. The van der Waals surface area contributed by atoms with Crippen molar-refractivity contribution in [3.63, 3.8) is 0 Å². The van der Waals surface area contributed by atoms with E-state index in [0.29, 0.717) is 38.6 Å². The summed E-state index contributed by atoms with van der Waals surface area (Å²) in [5, 5.41) is 14.3. The topological polar surface area (TPSA) is 76.2 Å². The maximum absolute atomic E-state index is 12.2. The summed E-state index contributed by atoms with van der Waals surface area (Å²) in [6.45, 7) is 17.0. The minimum Gasteiger partial charge on any atom is -0.512 e. The number of aliphatic hydroxyl groups excluding tert-OH is 1. The molecule has 0 spiro atoms. The van der Waals surface area contributed by atoms with Crippen LogP contribution in [0.25, 0.3) is 54.9 Å². The fraction of sp³-hybridized carbons (Fsp3) is 0.449. The SMILES string of the molecule is CCC(C)(CC)C(=O)/C=C(\O)C(C)(CC)CC.[2H]C([2H])([2H])c1ccc2[c-]c(-c3nc(C([2H])([2H])[2H])nc4oc5c6ccc(C([2H])([2H])C(C)C)cc6ccc5c34)cc(C(C)(C)C)c2c1.[Ir]. The Morgan fingerprint density at radius 1 is 0.873 bits per heavy atom. The van der Waals surface area contributed by atoms with Crippen LogP contribution in [0.5, 0.6) is 0 Å². The zero-order valence-electron chi connectivity index (χ0n) is 42.2. The summed E-state index contributed by atoms with van der Waals surface area (Å²) in [4.78, 5) is 21.1. The monoisotopic (exact) mass is 926 g/mol. The van der Waals surface area contributed by atoms with Crippen LogP contribution in [-0.2, 0) is 36.7 Å². The maximum Gasteiger partial charge on any atom is 0.223 e. The molecule has 2 heterocycles. The average Bonchev–Trinajstić information content (AvgIpc) is 3.60. The van der Waals surface area contributed by atoms with Gasteiger partial charge in [0.1, 0.15) is 17.2 Å². The summed E-state index contributed by atoms with van der Waals surface area (Å²) in [7, 11) is 0. The molecule has 0 saturated carbocycles. The Kier molecular flexibility index (Phi) is 10.4. The van der Waals surface area contributed by atoms with Gasteiger partial charge in [-0.05, 0) is 68.0 Å². The Bertz CT molecular complexity index is 2660. The predicted molar refractivity (Wildman–Crippen MR) is 228 cm³/mol. The standard InChI is InChI=1S/C34H33N2O.C15H28O2.Ir/c1-19(2)14-22-9-12-26-23(16-22)11-13-27-30-31(35-21(4)36-33(30)37-32(26)27)25-17-24-10-8-20(3)15-28(24)29(18-25)34(5,6)7;1-7-14(5,8-2)12(16)11-13(17)15(6,9-3)10-4;/h8-13,15-16,18-19H,14H2,1-7H3;11,16H,7-10H2,1-6H3;/q-1;;/b;12-11-;/i3D3,4D3,14D2;;. The number of allylic oxidation sites excluding steroid dienone is 2. The molecule has 0 aliphatic carbocycles. The molecule has 6 rings (SSSR count). The van der Waals surface area contributed by atoms with Crippen LogP contribution < -0.4 is 0 Å². The van der Waals surface area contributed by atoms with Gasteiger partial charge in [-0.15, -0.1) is 29.1 Å². The first-order valence-electron chi connectivity index (χ1n) is 23.2. The van der Waals surface area contributed by atoms with Gasteiger partial charge in [-0.25, -0.2) is 0 Å². The molecule has 0 unspecified atom stereocenters. The first kappa shape index (κ1) is 33.3. The molecule has 0 bridgehead atoms. The molecule has 0 fully saturated rings. The quantitative estimate of drug-likeness (QED) is 0.0841. The van der Waals surface area contributed by atoms with Gasteiger partial charge in [0.15, 0.2) is 5.78 Å². The van der Waals surface area contributed by atoms with E-state index in [1.54, 1.807) is 24.3 Å². The fourth-order valence-electron chi connectivity index (χ4n) is 6.79. The molecule has 0 aliphatic rings. The molecule has 6 aromatic rings. The average molecular weight is 926 g/mol. The van der Waals surface area contributed by atoms with E-state index in [-0.39, 0.29) is 65.5 Å². The molecule has 0 atom stereocenters. The van der Waals surface area contributed by atoms with E-state index in [9.17, 15) is 9.90 Å². The van der Waals surface area contributed by atoms with Crippen LogP contribution in [0, 0.1) is 36.5 Å². The van der Waals surface area contributed by atoms with Crippen molar-refractivity contribution in [2.75, 3.05) is 0 Å². The van der Waals surface area contributed by atoms with Gasteiger partial charge in [-0.2, -0.15) is 4.98 Å². The largest absolute Gasteiger partial charge is 0.512 e. The van der Waals surface area contributed by atoms with Gasteiger partial charge in [-0.1, -0.05) is 135 Å². The van der Waals surface area contributed by atoms with Crippen molar-refractivity contribution in [3.8, 4) is 11.3 Å². The van der Waals surface area contributed by atoms with Crippen molar-refractivity contribution >= 4 is 49.4 Å². The normalized spacial score (nSPS) is 15.6. The predicted octanol–water partition coefficient (Wildman–Crippen LogP) is 13.9. The minimum atomic E-state index is -2.61. The van der Waals surface area contributed by atoms with Crippen molar-refractivity contribution < 1.29 is 45.4 Å².